The van der Waals surface area contributed by atoms with Gasteiger partial charge < -0.3 is 9.72 Å². The van der Waals surface area contributed by atoms with Crippen LogP contribution in [-0.2, 0) is 4.74 Å². The highest BCUT2D eigenvalue weighted by molar-refractivity contribution is 5.91. The fourth-order valence-corrected chi connectivity index (χ4v) is 0.693. The minimum atomic E-state index is 0.226. The van der Waals surface area contributed by atoms with Crippen molar-refractivity contribution in [2.75, 3.05) is 6.61 Å². The molecule has 0 saturated heterocycles. The lowest BCUT2D eigenvalue weighted by atomic mass is 10.3. The molecular formula is C7H10N2O. The average molecular weight is 138 g/mol. The summed E-state index contributed by atoms with van der Waals surface area (Å²) >= 11 is 0. The van der Waals surface area contributed by atoms with Crippen molar-refractivity contribution >= 4 is 5.90 Å². The predicted molar refractivity (Wildman–Crippen MR) is 39.2 cm³/mol. The molecule has 1 aromatic rings. The Balaban J connectivity index is 2.59. The van der Waals surface area contributed by atoms with Gasteiger partial charge in [0.25, 0.3) is 0 Å². The van der Waals surface area contributed by atoms with Crippen molar-refractivity contribution in [3.8, 4) is 0 Å². The maximum absolute atomic E-state index is 7.30. The third kappa shape index (κ3) is 1.37. The standard InChI is InChI=1S/C7H10N2O/c1-2-10-7(8)6-3-4-9-5-6/h3-5,8-9H,2H2,1H3. The molecule has 0 aliphatic rings. The lowest BCUT2D eigenvalue weighted by Gasteiger charge is -1.99. The lowest BCUT2D eigenvalue weighted by Crippen LogP contribution is -2.02. The SMILES string of the molecule is CCOC(=N)c1cc[nH]c1. The molecule has 1 rings (SSSR count). The zero-order valence-corrected chi connectivity index (χ0v) is 5.85. The molecule has 0 unspecified atom stereocenters. The van der Waals surface area contributed by atoms with Crippen LogP contribution in [0.3, 0.4) is 0 Å². The summed E-state index contributed by atoms with van der Waals surface area (Å²) in [5.41, 5.74) is 0.793. The van der Waals surface area contributed by atoms with E-state index in [4.69, 9.17) is 10.1 Å². The quantitative estimate of drug-likeness (QED) is 0.470. The van der Waals surface area contributed by atoms with Gasteiger partial charge in [-0.3, -0.25) is 5.41 Å². The highest BCUT2D eigenvalue weighted by atomic mass is 16.5. The highest BCUT2D eigenvalue weighted by Gasteiger charge is 1.98. The van der Waals surface area contributed by atoms with Crippen LogP contribution in [0.2, 0.25) is 0 Å². The molecule has 0 aliphatic heterocycles. The summed E-state index contributed by atoms with van der Waals surface area (Å²) < 4.78 is 4.95. The largest absolute Gasteiger partial charge is 0.478 e. The van der Waals surface area contributed by atoms with Crippen molar-refractivity contribution in [1.29, 1.82) is 5.41 Å². The highest BCUT2D eigenvalue weighted by Crippen LogP contribution is 1.98. The Bertz CT molecular complexity index is 203. The molecule has 0 fully saturated rings. The maximum Gasteiger partial charge on any atom is 0.214 e. The van der Waals surface area contributed by atoms with Gasteiger partial charge in [0.1, 0.15) is 0 Å². The molecule has 0 radical (unpaired) electrons. The summed E-state index contributed by atoms with van der Waals surface area (Å²) in [4.78, 5) is 2.85. The Hall–Kier alpha value is -1.25. The van der Waals surface area contributed by atoms with E-state index >= 15 is 0 Å². The molecule has 1 heterocycles. The van der Waals surface area contributed by atoms with E-state index in [9.17, 15) is 0 Å². The van der Waals surface area contributed by atoms with Gasteiger partial charge in [0, 0.05) is 12.4 Å². The Morgan fingerprint density at radius 1 is 1.80 bits per heavy atom. The van der Waals surface area contributed by atoms with E-state index < -0.39 is 0 Å². The summed E-state index contributed by atoms with van der Waals surface area (Å²) in [6.07, 6.45) is 3.50. The summed E-state index contributed by atoms with van der Waals surface area (Å²) in [6, 6.07) is 1.80. The first-order valence-corrected chi connectivity index (χ1v) is 3.19. The van der Waals surface area contributed by atoms with E-state index in [2.05, 4.69) is 4.98 Å². The number of rotatable bonds is 2. The molecule has 54 valence electrons. The van der Waals surface area contributed by atoms with Gasteiger partial charge >= 0.3 is 0 Å². The molecule has 0 amide bonds. The fraction of sp³-hybridized carbons (Fsp3) is 0.286. The average Bonchev–Trinajstić information content (AvgIpc) is 2.38. The van der Waals surface area contributed by atoms with Crippen molar-refractivity contribution in [3.05, 3.63) is 24.0 Å². The molecule has 0 aromatic carbocycles. The van der Waals surface area contributed by atoms with Crippen LogP contribution in [0.4, 0.5) is 0 Å². The zero-order valence-electron chi connectivity index (χ0n) is 5.85. The number of nitrogens with one attached hydrogen (secondary N) is 2. The van der Waals surface area contributed by atoms with Crippen LogP contribution in [-0.4, -0.2) is 17.5 Å². The van der Waals surface area contributed by atoms with Gasteiger partial charge in [-0.15, -0.1) is 0 Å². The molecule has 0 spiro atoms. The Labute approximate surface area is 59.5 Å². The van der Waals surface area contributed by atoms with Gasteiger partial charge in [0.15, 0.2) is 0 Å². The number of ether oxygens (including phenoxy) is 1. The number of hydrogen-bond acceptors (Lipinski definition) is 2. The predicted octanol–water partition coefficient (Wildman–Crippen LogP) is 1.38. The number of aromatic amines is 1. The molecule has 1 aromatic heterocycles. The van der Waals surface area contributed by atoms with Crippen LogP contribution in [0.1, 0.15) is 12.5 Å². The van der Waals surface area contributed by atoms with Crippen molar-refractivity contribution in [3.63, 3.8) is 0 Å². The van der Waals surface area contributed by atoms with Crippen molar-refractivity contribution in [1.82, 2.24) is 4.98 Å². The second-order valence-electron chi connectivity index (χ2n) is 1.86. The molecule has 3 nitrogen and oxygen atoms in total. The van der Waals surface area contributed by atoms with Crippen molar-refractivity contribution < 1.29 is 4.74 Å². The minimum Gasteiger partial charge on any atom is -0.478 e. The topological polar surface area (TPSA) is 48.9 Å². The van der Waals surface area contributed by atoms with E-state index in [1.807, 2.05) is 6.92 Å². The first kappa shape index (κ1) is 6.86. The monoisotopic (exact) mass is 138 g/mol. The summed E-state index contributed by atoms with van der Waals surface area (Å²) in [7, 11) is 0. The van der Waals surface area contributed by atoms with Gasteiger partial charge in [0.05, 0.1) is 12.2 Å². The van der Waals surface area contributed by atoms with E-state index in [0.717, 1.165) is 5.56 Å². The van der Waals surface area contributed by atoms with Crippen LogP contribution >= 0.6 is 0 Å². The Kier molecular flexibility index (Phi) is 2.10. The minimum absolute atomic E-state index is 0.226. The van der Waals surface area contributed by atoms with Crippen molar-refractivity contribution in [2.45, 2.75) is 6.92 Å². The fourth-order valence-electron chi connectivity index (χ4n) is 0.693. The first-order chi connectivity index (χ1) is 4.84. The van der Waals surface area contributed by atoms with Crippen LogP contribution in [0, 0.1) is 5.41 Å². The van der Waals surface area contributed by atoms with Crippen LogP contribution in [0.15, 0.2) is 18.5 Å². The van der Waals surface area contributed by atoms with Gasteiger partial charge in [0.2, 0.25) is 5.90 Å². The molecular weight excluding hydrogens is 128 g/mol. The van der Waals surface area contributed by atoms with E-state index in [1.54, 1.807) is 18.5 Å². The van der Waals surface area contributed by atoms with Gasteiger partial charge in [-0.05, 0) is 13.0 Å². The lowest BCUT2D eigenvalue weighted by molar-refractivity contribution is 0.325. The normalized spacial score (nSPS) is 9.30. The third-order valence-corrected chi connectivity index (χ3v) is 1.15. The molecule has 0 atom stereocenters. The van der Waals surface area contributed by atoms with E-state index in [1.165, 1.54) is 0 Å². The molecule has 3 heteroatoms. The van der Waals surface area contributed by atoms with E-state index in [0.29, 0.717) is 6.61 Å². The molecule has 2 N–H and O–H groups in total. The van der Waals surface area contributed by atoms with Gasteiger partial charge in [-0.25, -0.2) is 0 Å². The molecule has 0 saturated carbocycles. The molecule has 0 aliphatic carbocycles. The summed E-state index contributed by atoms with van der Waals surface area (Å²) in [5.74, 6) is 0.226. The maximum atomic E-state index is 7.30. The van der Waals surface area contributed by atoms with Crippen LogP contribution < -0.4 is 0 Å². The smallest absolute Gasteiger partial charge is 0.214 e. The van der Waals surface area contributed by atoms with Gasteiger partial charge in [-0.1, -0.05) is 0 Å². The van der Waals surface area contributed by atoms with Gasteiger partial charge in [-0.2, -0.15) is 0 Å². The van der Waals surface area contributed by atoms with Crippen molar-refractivity contribution in [2.24, 2.45) is 0 Å². The number of hydrogen-bond donors (Lipinski definition) is 2. The van der Waals surface area contributed by atoms with E-state index in [-0.39, 0.29) is 5.90 Å². The number of aromatic nitrogens is 1. The molecule has 10 heavy (non-hydrogen) atoms. The second-order valence-corrected chi connectivity index (χ2v) is 1.86. The molecule has 0 bridgehead atoms. The Morgan fingerprint density at radius 3 is 3.10 bits per heavy atom. The van der Waals surface area contributed by atoms with Crippen LogP contribution in [0.25, 0.3) is 0 Å². The third-order valence-electron chi connectivity index (χ3n) is 1.15. The summed E-state index contributed by atoms with van der Waals surface area (Å²) in [5, 5.41) is 7.30. The first-order valence-electron chi connectivity index (χ1n) is 3.19. The summed E-state index contributed by atoms with van der Waals surface area (Å²) in [6.45, 7) is 2.41. The Morgan fingerprint density at radius 2 is 2.60 bits per heavy atom. The van der Waals surface area contributed by atoms with Crippen LogP contribution in [0.5, 0.6) is 0 Å². The number of H-pyrrole nitrogens is 1. The zero-order chi connectivity index (χ0) is 7.40. The second kappa shape index (κ2) is 3.06.